The number of amides is 1. The second kappa shape index (κ2) is 10.9. The topological polar surface area (TPSA) is 45.7 Å². The molecule has 34 heavy (non-hydrogen) atoms. The largest absolute Gasteiger partial charge is 0.379 e. The number of aromatic nitrogens is 1. The van der Waals surface area contributed by atoms with E-state index in [0.717, 1.165) is 65.7 Å². The molecule has 0 saturated carbocycles. The Morgan fingerprint density at radius 3 is 2.18 bits per heavy atom. The predicted octanol–water partition coefficient (Wildman–Crippen LogP) is 5.18. The van der Waals surface area contributed by atoms with E-state index in [9.17, 15) is 4.79 Å². The summed E-state index contributed by atoms with van der Waals surface area (Å²) in [4.78, 5) is 23.4. The zero-order chi connectivity index (χ0) is 23.2. The number of thiazole rings is 1. The number of benzene rings is 3. The lowest BCUT2D eigenvalue weighted by Crippen LogP contribution is -2.40. The van der Waals surface area contributed by atoms with Gasteiger partial charge in [0.25, 0.3) is 0 Å². The third kappa shape index (κ3) is 5.20. The number of para-hydroxylation sites is 1. The van der Waals surface area contributed by atoms with Gasteiger partial charge in [-0.3, -0.25) is 14.6 Å². The second-order valence-electron chi connectivity index (χ2n) is 8.52. The number of carbonyl (C=O) groups is 1. The molecule has 5 rings (SSSR count). The molecule has 1 aliphatic rings. The van der Waals surface area contributed by atoms with Crippen LogP contribution in [0.3, 0.4) is 0 Å². The highest BCUT2D eigenvalue weighted by molar-refractivity contribution is 7.22. The van der Waals surface area contributed by atoms with Crippen LogP contribution in [-0.4, -0.2) is 55.2 Å². The summed E-state index contributed by atoms with van der Waals surface area (Å²) in [6, 6.07) is 28.2. The molecule has 3 aromatic carbocycles. The summed E-state index contributed by atoms with van der Waals surface area (Å²) in [6.07, 6.45) is 0.887. The molecule has 5 nitrogen and oxygen atoms in total. The van der Waals surface area contributed by atoms with Gasteiger partial charge in [-0.05, 0) is 29.7 Å². The summed E-state index contributed by atoms with van der Waals surface area (Å²) in [5.74, 6) is -0.309. The number of carbonyl (C=O) groups excluding carboxylic acids is 1. The van der Waals surface area contributed by atoms with Crippen molar-refractivity contribution in [2.24, 2.45) is 0 Å². The normalized spacial score (nSPS) is 14.5. The van der Waals surface area contributed by atoms with Crippen LogP contribution >= 0.6 is 11.3 Å². The molecular weight excluding hydrogens is 442 g/mol. The Morgan fingerprint density at radius 1 is 0.912 bits per heavy atom. The van der Waals surface area contributed by atoms with Crippen LogP contribution in [0.25, 0.3) is 10.2 Å². The van der Waals surface area contributed by atoms with Crippen molar-refractivity contribution in [2.75, 3.05) is 44.3 Å². The van der Waals surface area contributed by atoms with E-state index in [2.05, 4.69) is 11.0 Å². The van der Waals surface area contributed by atoms with Crippen molar-refractivity contribution in [1.29, 1.82) is 0 Å². The maximum Gasteiger partial charge on any atom is 0.240 e. The molecule has 1 aromatic heterocycles. The summed E-state index contributed by atoms with van der Waals surface area (Å²) in [5, 5.41) is 0.769. The van der Waals surface area contributed by atoms with E-state index in [1.165, 1.54) is 0 Å². The van der Waals surface area contributed by atoms with Crippen molar-refractivity contribution in [2.45, 2.75) is 12.3 Å². The highest BCUT2D eigenvalue weighted by atomic mass is 32.1. The number of rotatable bonds is 8. The molecule has 1 aliphatic heterocycles. The maximum absolute atomic E-state index is 14.3. The first-order valence-electron chi connectivity index (χ1n) is 11.9. The van der Waals surface area contributed by atoms with Gasteiger partial charge in [0, 0.05) is 26.2 Å². The Labute approximate surface area is 204 Å². The molecule has 0 aliphatic carbocycles. The van der Waals surface area contributed by atoms with Gasteiger partial charge in [0.1, 0.15) is 0 Å². The molecule has 1 fully saturated rings. The molecule has 0 unspecified atom stereocenters. The van der Waals surface area contributed by atoms with Crippen LogP contribution in [-0.2, 0) is 9.53 Å². The lowest BCUT2D eigenvalue weighted by Gasteiger charge is -2.29. The highest BCUT2D eigenvalue weighted by Crippen LogP contribution is 2.33. The number of anilines is 1. The molecule has 0 spiro atoms. The zero-order valence-corrected chi connectivity index (χ0v) is 20.0. The van der Waals surface area contributed by atoms with Crippen molar-refractivity contribution in [1.82, 2.24) is 9.88 Å². The van der Waals surface area contributed by atoms with E-state index >= 15 is 0 Å². The minimum Gasteiger partial charge on any atom is -0.379 e. The van der Waals surface area contributed by atoms with Crippen molar-refractivity contribution in [3.05, 3.63) is 96.1 Å². The Bertz CT molecular complexity index is 1130. The molecule has 6 heteroatoms. The molecule has 0 atom stereocenters. The minimum atomic E-state index is -0.377. The van der Waals surface area contributed by atoms with E-state index in [1.807, 2.05) is 83.8 Å². The first-order chi connectivity index (χ1) is 16.8. The van der Waals surface area contributed by atoms with Gasteiger partial charge in [-0.1, -0.05) is 84.1 Å². The summed E-state index contributed by atoms with van der Waals surface area (Å²) in [6.45, 7) is 5.04. The average molecular weight is 472 g/mol. The van der Waals surface area contributed by atoms with E-state index in [-0.39, 0.29) is 11.8 Å². The van der Waals surface area contributed by atoms with Gasteiger partial charge >= 0.3 is 0 Å². The van der Waals surface area contributed by atoms with Gasteiger partial charge in [-0.2, -0.15) is 0 Å². The number of morpholine rings is 1. The fraction of sp³-hybridized carbons (Fsp3) is 0.286. The Balaban J connectivity index is 1.47. The molecule has 0 radical (unpaired) electrons. The van der Waals surface area contributed by atoms with E-state index < -0.39 is 0 Å². The number of hydrogen-bond acceptors (Lipinski definition) is 5. The summed E-state index contributed by atoms with van der Waals surface area (Å²) >= 11 is 1.59. The smallest absolute Gasteiger partial charge is 0.240 e. The maximum atomic E-state index is 14.3. The third-order valence-electron chi connectivity index (χ3n) is 6.25. The van der Waals surface area contributed by atoms with Crippen molar-refractivity contribution < 1.29 is 9.53 Å². The molecule has 0 bridgehead atoms. The molecular formula is C28H29N3O2S. The molecule has 1 saturated heterocycles. The molecule has 1 amide bonds. The van der Waals surface area contributed by atoms with E-state index in [1.54, 1.807) is 11.3 Å². The zero-order valence-electron chi connectivity index (χ0n) is 19.2. The fourth-order valence-corrected chi connectivity index (χ4v) is 5.47. The molecule has 174 valence electrons. The monoisotopic (exact) mass is 471 g/mol. The number of nitrogens with zero attached hydrogens (tertiary/aromatic N) is 3. The standard InChI is InChI=1S/C28H29N3O2S/c32-27(26(22-10-3-1-4-11-22)23-12-5-2-6-13-23)31(17-9-16-30-18-20-33-21-19-30)28-29-24-14-7-8-15-25(24)34-28/h1-8,10-15,26H,9,16-21H2. The van der Waals surface area contributed by atoms with Gasteiger partial charge in [0.05, 0.1) is 29.3 Å². The van der Waals surface area contributed by atoms with Crippen molar-refractivity contribution in [3.8, 4) is 0 Å². The fourth-order valence-electron chi connectivity index (χ4n) is 4.48. The van der Waals surface area contributed by atoms with Gasteiger partial charge < -0.3 is 4.74 Å². The molecule has 2 heterocycles. The highest BCUT2D eigenvalue weighted by Gasteiger charge is 2.30. The Morgan fingerprint density at radius 2 is 1.53 bits per heavy atom. The third-order valence-corrected chi connectivity index (χ3v) is 7.31. The van der Waals surface area contributed by atoms with E-state index in [4.69, 9.17) is 9.72 Å². The van der Waals surface area contributed by atoms with Crippen LogP contribution < -0.4 is 4.90 Å². The quantitative estimate of drug-likeness (QED) is 0.355. The van der Waals surface area contributed by atoms with Crippen LogP contribution in [0.2, 0.25) is 0 Å². The molecule has 0 N–H and O–H groups in total. The van der Waals surface area contributed by atoms with Crippen LogP contribution in [0.1, 0.15) is 23.5 Å². The Kier molecular flexibility index (Phi) is 7.29. The lowest BCUT2D eigenvalue weighted by molar-refractivity contribution is -0.119. The number of ether oxygens (including phenoxy) is 1. The van der Waals surface area contributed by atoms with Gasteiger partial charge in [-0.25, -0.2) is 4.98 Å². The molecule has 4 aromatic rings. The van der Waals surface area contributed by atoms with Crippen LogP contribution in [0.4, 0.5) is 5.13 Å². The Hall–Kier alpha value is -3.06. The summed E-state index contributed by atoms with van der Waals surface area (Å²) < 4.78 is 6.58. The van der Waals surface area contributed by atoms with Gasteiger partial charge in [0.15, 0.2) is 5.13 Å². The lowest BCUT2D eigenvalue weighted by atomic mass is 9.90. The minimum absolute atomic E-state index is 0.0680. The summed E-state index contributed by atoms with van der Waals surface area (Å²) in [5.41, 5.74) is 2.93. The van der Waals surface area contributed by atoms with Crippen LogP contribution in [0.15, 0.2) is 84.9 Å². The van der Waals surface area contributed by atoms with Crippen LogP contribution in [0.5, 0.6) is 0 Å². The first-order valence-corrected chi connectivity index (χ1v) is 12.7. The number of fused-ring (bicyclic) bond motifs is 1. The predicted molar refractivity (Wildman–Crippen MR) is 139 cm³/mol. The number of hydrogen-bond donors (Lipinski definition) is 0. The SMILES string of the molecule is O=C(C(c1ccccc1)c1ccccc1)N(CCCN1CCOCC1)c1nc2ccccc2s1. The first kappa shape index (κ1) is 22.7. The van der Waals surface area contributed by atoms with Crippen molar-refractivity contribution in [3.63, 3.8) is 0 Å². The average Bonchev–Trinajstić information content (AvgIpc) is 3.32. The van der Waals surface area contributed by atoms with Crippen molar-refractivity contribution >= 4 is 32.6 Å². The second-order valence-corrected chi connectivity index (χ2v) is 9.53. The van der Waals surface area contributed by atoms with Gasteiger partial charge in [0.2, 0.25) is 5.91 Å². The van der Waals surface area contributed by atoms with E-state index in [0.29, 0.717) is 6.54 Å². The van der Waals surface area contributed by atoms with Crippen LogP contribution in [0, 0.1) is 0 Å². The summed E-state index contributed by atoms with van der Waals surface area (Å²) in [7, 11) is 0. The van der Waals surface area contributed by atoms with Gasteiger partial charge in [-0.15, -0.1) is 0 Å².